The normalized spacial score (nSPS) is 12.7. The monoisotopic (exact) mass is 256 g/mol. The molecule has 3 aromatic rings. The number of nitrogens with two attached hydrogens (primary N) is 1. The van der Waals surface area contributed by atoms with Crippen LogP contribution in [-0.2, 0) is 0 Å². The molecule has 4 nitrogen and oxygen atoms in total. The van der Waals surface area contributed by atoms with Gasteiger partial charge in [0.25, 0.3) is 0 Å². The first kappa shape index (κ1) is 11.3. The van der Waals surface area contributed by atoms with Gasteiger partial charge in [-0.2, -0.15) is 0 Å². The van der Waals surface area contributed by atoms with E-state index >= 15 is 0 Å². The predicted molar refractivity (Wildman–Crippen MR) is 73.0 cm³/mol. The lowest BCUT2D eigenvalue weighted by atomic mass is 9.98. The highest BCUT2D eigenvalue weighted by atomic mass is 32.1. The molecule has 18 heavy (non-hydrogen) atoms. The Morgan fingerprint density at radius 3 is 2.72 bits per heavy atom. The van der Waals surface area contributed by atoms with Gasteiger partial charge in [0.1, 0.15) is 0 Å². The topological polar surface area (TPSA) is 63.8 Å². The molecule has 1 atom stereocenters. The molecule has 0 aliphatic rings. The predicted octanol–water partition coefficient (Wildman–Crippen LogP) is 2.24. The minimum atomic E-state index is -0.130. The van der Waals surface area contributed by atoms with Gasteiger partial charge in [0.15, 0.2) is 0 Å². The number of nitrogens with one attached hydrogen (secondary N) is 1. The number of hydrogen-bond donors (Lipinski definition) is 2. The average molecular weight is 256 g/mol. The number of hydrogen-bond acceptors (Lipinski definition) is 5. The maximum atomic E-state index is 5.67. The molecule has 1 heterocycles. The third-order valence-electron chi connectivity index (χ3n) is 2.97. The Bertz CT molecular complexity index is 646. The van der Waals surface area contributed by atoms with E-state index in [1.165, 1.54) is 22.3 Å². The summed E-state index contributed by atoms with van der Waals surface area (Å²) in [5.41, 5.74) is 4.78. The van der Waals surface area contributed by atoms with Gasteiger partial charge < -0.3 is 0 Å². The molecule has 5 heteroatoms. The van der Waals surface area contributed by atoms with Crippen molar-refractivity contribution in [2.45, 2.75) is 6.04 Å². The largest absolute Gasteiger partial charge is 0.271 e. The lowest BCUT2D eigenvalue weighted by Gasteiger charge is -2.15. The maximum absolute atomic E-state index is 5.67. The quantitative estimate of drug-likeness (QED) is 0.557. The second kappa shape index (κ2) is 4.81. The number of aromatic nitrogens is 2. The fourth-order valence-corrected chi connectivity index (χ4v) is 2.61. The fraction of sp³-hybridized carbons (Fsp3) is 0.0769. The Kier molecular flexibility index (Phi) is 3.02. The van der Waals surface area contributed by atoms with Crippen molar-refractivity contribution >= 4 is 22.3 Å². The van der Waals surface area contributed by atoms with Crippen LogP contribution >= 0.6 is 11.5 Å². The molecular formula is C13H12N4S. The molecule has 0 saturated carbocycles. The van der Waals surface area contributed by atoms with Crippen molar-refractivity contribution in [3.8, 4) is 0 Å². The van der Waals surface area contributed by atoms with Crippen molar-refractivity contribution < 1.29 is 0 Å². The highest BCUT2D eigenvalue weighted by Gasteiger charge is 2.17. The summed E-state index contributed by atoms with van der Waals surface area (Å²) in [5.74, 6) is 5.67. The van der Waals surface area contributed by atoms with Crippen LogP contribution in [0.1, 0.15) is 17.3 Å². The summed E-state index contributed by atoms with van der Waals surface area (Å²) >= 11 is 1.33. The molecule has 0 amide bonds. The van der Waals surface area contributed by atoms with Crippen LogP contribution in [0.2, 0.25) is 0 Å². The molecule has 0 saturated heterocycles. The van der Waals surface area contributed by atoms with Crippen LogP contribution in [0, 0.1) is 0 Å². The molecule has 0 fully saturated rings. The standard InChI is InChI=1S/C13H12N4S/c14-15-13(12-8-18-17-16-12)11-7-3-5-9-4-1-2-6-10(9)11/h1-8,13,15H,14H2. The highest BCUT2D eigenvalue weighted by Crippen LogP contribution is 2.27. The van der Waals surface area contributed by atoms with E-state index in [9.17, 15) is 0 Å². The fourth-order valence-electron chi connectivity index (χ4n) is 2.13. The summed E-state index contributed by atoms with van der Waals surface area (Å²) in [6.45, 7) is 0. The molecule has 90 valence electrons. The Hall–Kier alpha value is -1.82. The number of nitrogens with zero attached hydrogens (tertiary/aromatic N) is 2. The van der Waals surface area contributed by atoms with E-state index in [1.807, 2.05) is 23.6 Å². The average Bonchev–Trinajstić information content (AvgIpc) is 2.94. The van der Waals surface area contributed by atoms with Gasteiger partial charge in [0.05, 0.1) is 11.7 Å². The van der Waals surface area contributed by atoms with E-state index in [1.54, 1.807) is 0 Å². The Morgan fingerprint density at radius 1 is 1.11 bits per heavy atom. The Balaban J connectivity index is 2.18. The minimum absolute atomic E-state index is 0.130. The second-order valence-electron chi connectivity index (χ2n) is 4.00. The maximum Gasteiger partial charge on any atom is 0.0983 e. The van der Waals surface area contributed by atoms with E-state index in [-0.39, 0.29) is 6.04 Å². The van der Waals surface area contributed by atoms with E-state index < -0.39 is 0 Å². The van der Waals surface area contributed by atoms with Gasteiger partial charge in [-0.1, -0.05) is 47.0 Å². The van der Waals surface area contributed by atoms with Crippen LogP contribution < -0.4 is 11.3 Å². The van der Waals surface area contributed by atoms with Crippen molar-refractivity contribution in [2.24, 2.45) is 5.84 Å². The van der Waals surface area contributed by atoms with E-state index in [0.717, 1.165) is 11.3 Å². The summed E-state index contributed by atoms with van der Waals surface area (Å²) in [5, 5.41) is 8.38. The van der Waals surface area contributed by atoms with Crippen LogP contribution in [-0.4, -0.2) is 9.59 Å². The molecule has 3 rings (SSSR count). The molecule has 2 aromatic carbocycles. The Labute approximate surface area is 109 Å². The van der Waals surface area contributed by atoms with Gasteiger partial charge in [-0.25, -0.2) is 5.43 Å². The van der Waals surface area contributed by atoms with Crippen LogP contribution in [0.15, 0.2) is 47.8 Å². The number of fused-ring (bicyclic) bond motifs is 1. The summed E-state index contributed by atoms with van der Waals surface area (Å²) < 4.78 is 3.89. The SMILES string of the molecule is NNC(c1csnn1)c1cccc2ccccc12. The highest BCUT2D eigenvalue weighted by molar-refractivity contribution is 7.03. The first-order valence-electron chi connectivity index (χ1n) is 5.61. The molecule has 1 aromatic heterocycles. The van der Waals surface area contributed by atoms with Gasteiger partial charge in [-0.05, 0) is 27.9 Å². The van der Waals surface area contributed by atoms with Gasteiger partial charge in [-0.15, -0.1) is 5.10 Å². The molecule has 0 aliphatic carbocycles. The van der Waals surface area contributed by atoms with Gasteiger partial charge in [-0.3, -0.25) is 5.84 Å². The number of benzene rings is 2. The number of hydrazine groups is 1. The minimum Gasteiger partial charge on any atom is -0.271 e. The van der Waals surface area contributed by atoms with Gasteiger partial charge in [0.2, 0.25) is 0 Å². The summed E-state index contributed by atoms with van der Waals surface area (Å²) in [6.07, 6.45) is 0. The lowest BCUT2D eigenvalue weighted by Crippen LogP contribution is -2.29. The summed E-state index contributed by atoms with van der Waals surface area (Å²) in [6, 6.07) is 14.3. The van der Waals surface area contributed by atoms with Crippen LogP contribution in [0.5, 0.6) is 0 Å². The van der Waals surface area contributed by atoms with Crippen molar-refractivity contribution in [3.63, 3.8) is 0 Å². The van der Waals surface area contributed by atoms with E-state index in [4.69, 9.17) is 5.84 Å². The summed E-state index contributed by atoms with van der Waals surface area (Å²) in [7, 11) is 0. The first-order valence-corrected chi connectivity index (χ1v) is 6.44. The van der Waals surface area contributed by atoms with Crippen molar-refractivity contribution in [3.05, 3.63) is 59.1 Å². The van der Waals surface area contributed by atoms with Crippen molar-refractivity contribution in [2.75, 3.05) is 0 Å². The van der Waals surface area contributed by atoms with Gasteiger partial charge >= 0.3 is 0 Å². The second-order valence-corrected chi connectivity index (χ2v) is 4.61. The molecule has 0 bridgehead atoms. The Morgan fingerprint density at radius 2 is 1.94 bits per heavy atom. The first-order chi connectivity index (χ1) is 8.90. The molecule has 0 spiro atoms. The smallest absolute Gasteiger partial charge is 0.0983 e. The van der Waals surface area contributed by atoms with Crippen molar-refractivity contribution in [1.82, 2.24) is 15.0 Å². The number of rotatable bonds is 3. The third-order valence-corrected chi connectivity index (χ3v) is 3.50. The van der Waals surface area contributed by atoms with Gasteiger partial charge in [0, 0.05) is 5.38 Å². The zero-order valence-corrected chi connectivity index (χ0v) is 10.4. The molecule has 0 aliphatic heterocycles. The van der Waals surface area contributed by atoms with Crippen LogP contribution in [0.3, 0.4) is 0 Å². The third kappa shape index (κ3) is 1.88. The van der Waals surface area contributed by atoms with E-state index in [0.29, 0.717) is 0 Å². The van der Waals surface area contributed by atoms with Crippen LogP contribution in [0.4, 0.5) is 0 Å². The van der Waals surface area contributed by atoms with Crippen molar-refractivity contribution in [1.29, 1.82) is 0 Å². The van der Waals surface area contributed by atoms with Crippen LogP contribution in [0.25, 0.3) is 10.8 Å². The molecule has 1 unspecified atom stereocenters. The lowest BCUT2D eigenvalue weighted by molar-refractivity contribution is 0.622. The molecule has 3 N–H and O–H groups in total. The zero-order chi connectivity index (χ0) is 12.4. The molecular weight excluding hydrogens is 244 g/mol. The zero-order valence-electron chi connectivity index (χ0n) is 9.58. The summed E-state index contributed by atoms with van der Waals surface area (Å²) in [4.78, 5) is 0. The molecule has 0 radical (unpaired) electrons. The van der Waals surface area contributed by atoms with E-state index in [2.05, 4.69) is 39.3 Å².